The molecule has 32 heavy (non-hydrogen) atoms. The van der Waals surface area contributed by atoms with E-state index >= 15 is 0 Å². The summed E-state index contributed by atoms with van der Waals surface area (Å²) in [5.74, 6) is 0.749. The lowest BCUT2D eigenvalue weighted by Gasteiger charge is -2.19. The number of imidazole rings is 2. The molecule has 0 aliphatic carbocycles. The van der Waals surface area contributed by atoms with E-state index in [-0.39, 0.29) is 11.9 Å². The summed E-state index contributed by atoms with van der Waals surface area (Å²) in [6.07, 6.45) is 6.07. The third-order valence-corrected chi connectivity index (χ3v) is 6.13. The number of amides is 1. The Bertz CT molecular complexity index is 1240. The van der Waals surface area contributed by atoms with E-state index in [1.165, 1.54) is 0 Å². The van der Waals surface area contributed by atoms with Crippen LogP contribution in [0.3, 0.4) is 0 Å². The van der Waals surface area contributed by atoms with Crippen LogP contribution in [0, 0.1) is 0 Å². The Hall–Kier alpha value is -3.52. The molecule has 3 aromatic heterocycles. The van der Waals surface area contributed by atoms with E-state index in [1.807, 2.05) is 42.3 Å². The van der Waals surface area contributed by atoms with Crippen molar-refractivity contribution >= 4 is 16.9 Å². The number of pyridine rings is 1. The molecule has 1 saturated heterocycles. The fourth-order valence-corrected chi connectivity index (χ4v) is 4.49. The molecule has 4 heterocycles. The minimum atomic E-state index is -0.00202. The first-order valence-corrected chi connectivity index (χ1v) is 11.0. The van der Waals surface area contributed by atoms with Crippen LogP contribution >= 0.6 is 0 Å². The van der Waals surface area contributed by atoms with E-state index in [1.54, 1.807) is 18.7 Å². The summed E-state index contributed by atoms with van der Waals surface area (Å²) in [5.41, 5.74) is 4.68. The number of H-pyrrole nitrogens is 1. The third kappa shape index (κ3) is 3.36. The zero-order chi connectivity index (χ0) is 22.2. The Morgan fingerprint density at radius 3 is 2.69 bits per heavy atom. The molecule has 0 bridgehead atoms. The number of aromatic amines is 1. The molecule has 164 valence electrons. The molecule has 5 rings (SSSR count). The van der Waals surface area contributed by atoms with Gasteiger partial charge in [0.25, 0.3) is 5.91 Å². The van der Waals surface area contributed by atoms with Crippen molar-refractivity contribution in [3.05, 3.63) is 54.6 Å². The summed E-state index contributed by atoms with van der Waals surface area (Å²) in [5, 5.41) is 3.28. The van der Waals surface area contributed by atoms with Crippen LogP contribution in [0.25, 0.3) is 33.8 Å². The molecule has 1 fully saturated rings. The minimum absolute atomic E-state index is 0.00202. The predicted molar refractivity (Wildman–Crippen MR) is 124 cm³/mol. The van der Waals surface area contributed by atoms with Crippen LogP contribution in [0.2, 0.25) is 0 Å². The van der Waals surface area contributed by atoms with Gasteiger partial charge in [0.2, 0.25) is 0 Å². The maximum absolute atomic E-state index is 13.6. The number of likely N-dealkylation sites (N-methyl/N-ethyl adjacent to an activating group) is 1. The zero-order valence-electron chi connectivity index (χ0n) is 18.5. The van der Waals surface area contributed by atoms with E-state index in [0.717, 1.165) is 46.8 Å². The average molecular weight is 430 g/mol. The van der Waals surface area contributed by atoms with Gasteiger partial charge in [-0.3, -0.25) is 9.78 Å². The van der Waals surface area contributed by atoms with Gasteiger partial charge < -0.3 is 19.8 Å². The van der Waals surface area contributed by atoms with Crippen LogP contribution in [0.5, 0.6) is 0 Å². The lowest BCUT2D eigenvalue weighted by Crippen LogP contribution is -2.33. The molecule has 1 amide bonds. The minimum Gasteiger partial charge on any atom is -0.342 e. The largest absolute Gasteiger partial charge is 0.342 e. The highest BCUT2D eigenvalue weighted by atomic mass is 16.2. The Kier molecular flexibility index (Phi) is 5.22. The van der Waals surface area contributed by atoms with Crippen molar-refractivity contribution in [3.63, 3.8) is 0 Å². The van der Waals surface area contributed by atoms with E-state index < -0.39 is 0 Å². The lowest BCUT2D eigenvalue weighted by atomic mass is 10.1. The number of nitrogens with one attached hydrogen (secondary N) is 2. The first-order valence-electron chi connectivity index (χ1n) is 11.0. The van der Waals surface area contributed by atoms with Gasteiger partial charge >= 0.3 is 0 Å². The van der Waals surface area contributed by atoms with Gasteiger partial charge in [-0.05, 0) is 27.3 Å². The number of benzene rings is 1. The maximum Gasteiger partial charge on any atom is 0.257 e. The highest BCUT2D eigenvalue weighted by Crippen LogP contribution is 2.35. The van der Waals surface area contributed by atoms with Crippen molar-refractivity contribution in [1.29, 1.82) is 0 Å². The first kappa shape index (κ1) is 20.4. The van der Waals surface area contributed by atoms with Crippen molar-refractivity contribution in [2.45, 2.75) is 32.4 Å². The van der Waals surface area contributed by atoms with Gasteiger partial charge in [0, 0.05) is 36.9 Å². The van der Waals surface area contributed by atoms with Crippen molar-refractivity contribution in [3.8, 4) is 22.8 Å². The molecule has 1 aliphatic heterocycles. The van der Waals surface area contributed by atoms with Gasteiger partial charge in [-0.1, -0.05) is 30.3 Å². The number of nitrogens with zero attached hydrogens (tertiary/aromatic N) is 5. The molecule has 2 N–H and O–H groups in total. The second kappa shape index (κ2) is 8.20. The Balaban J connectivity index is 1.76. The molecule has 8 heteroatoms. The van der Waals surface area contributed by atoms with E-state index in [2.05, 4.69) is 33.7 Å². The van der Waals surface area contributed by atoms with Crippen LogP contribution < -0.4 is 5.32 Å². The number of carbonyl (C=O) groups is 1. The maximum atomic E-state index is 13.6. The van der Waals surface area contributed by atoms with E-state index in [9.17, 15) is 4.79 Å². The Morgan fingerprint density at radius 1 is 1.22 bits per heavy atom. The number of hydrogen-bond acceptors (Lipinski definition) is 5. The summed E-state index contributed by atoms with van der Waals surface area (Å²) >= 11 is 0. The topological polar surface area (TPSA) is 91.7 Å². The van der Waals surface area contributed by atoms with Crippen LogP contribution in [-0.4, -0.2) is 61.5 Å². The summed E-state index contributed by atoms with van der Waals surface area (Å²) in [7, 11) is 1.94. The van der Waals surface area contributed by atoms with E-state index in [0.29, 0.717) is 18.2 Å². The smallest absolute Gasteiger partial charge is 0.257 e. The molecule has 1 aromatic carbocycles. The highest BCUT2D eigenvalue weighted by Gasteiger charge is 2.30. The SMILES string of the molecule is CNC1CCN(C(=O)c2cnc(-c3ccccc3)c3nc(-c4cnc[nH]4)n(C(C)C)c23)C1. The van der Waals surface area contributed by atoms with Crippen molar-refractivity contribution in [2.75, 3.05) is 20.1 Å². The second-order valence-corrected chi connectivity index (χ2v) is 8.47. The number of hydrogen-bond donors (Lipinski definition) is 2. The van der Waals surface area contributed by atoms with Gasteiger partial charge in [-0.2, -0.15) is 0 Å². The van der Waals surface area contributed by atoms with Gasteiger partial charge in [-0.25, -0.2) is 9.97 Å². The van der Waals surface area contributed by atoms with Crippen LogP contribution in [0.15, 0.2) is 49.1 Å². The Morgan fingerprint density at radius 2 is 2.03 bits per heavy atom. The lowest BCUT2D eigenvalue weighted by molar-refractivity contribution is 0.0791. The van der Waals surface area contributed by atoms with Gasteiger partial charge in [0.15, 0.2) is 5.82 Å². The molecule has 1 atom stereocenters. The fourth-order valence-electron chi connectivity index (χ4n) is 4.49. The van der Waals surface area contributed by atoms with Crippen LogP contribution in [-0.2, 0) is 0 Å². The number of carbonyl (C=O) groups excluding carboxylic acids is 1. The number of fused-ring (bicyclic) bond motifs is 1. The molecule has 0 spiro atoms. The first-order chi connectivity index (χ1) is 15.6. The predicted octanol–water partition coefficient (Wildman–Crippen LogP) is 3.50. The molecule has 0 radical (unpaired) electrons. The molecule has 0 saturated carbocycles. The second-order valence-electron chi connectivity index (χ2n) is 8.47. The van der Waals surface area contributed by atoms with Crippen molar-refractivity contribution in [1.82, 2.24) is 34.7 Å². The third-order valence-electron chi connectivity index (χ3n) is 6.13. The number of rotatable bonds is 5. The molecule has 1 unspecified atom stereocenters. The van der Waals surface area contributed by atoms with Gasteiger partial charge in [0.1, 0.15) is 11.2 Å². The van der Waals surface area contributed by atoms with Gasteiger partial charge in [-0.15, -0.1) is 0 Å². The quantitative estimate of drug-likeness (QED) is 0.507. The molecule has 1 aliphatic rings. The normalized spacial score (nSPS) is 16.4. The molecular formula is C24H27N7O. The number of likely N-dealkylation sites (tertiary alicyclic amines) is 1. The van der Waals surface area contributed by atoms with Crippen LogP contribution in [0.4, 0.5) is 0 Å². The fraction of sp³-hybridized carbons (Fsp3) is 0.333. The summed E-state index contributed by atoms with van der Waals surface area (Å²) < 4.78 is 2.12. The van der Waals surface area contributed by atoms with Gasteiger partial charge in [0.05, 0.1) is 29.3 Å². The molecule has 8 nitrogen and oxygen atoms in total. The van der Waals surface area contributed by atoms with E-state index in [4.69, 9.17) is 9.97 Å². The summed E-state index contributed by atoms with van der Waals surface area (Å²) in [4.78, 5) is 32.6. The standard InChI is InChI=1S/C24H27N7O/c1-15(2)31-22-18(24(32)30-10-9-17(13-30)25-3)11-27-20(16-7-5-4-6-8-16)21(22)29-23(31)19-12-26-14-28-19/h4-8,11-12,14-15,17,25H,9-10,13H2,1-3H3,(H,26,28). The highest BCUT2D eigenvalue weighted by molar-refractivity contribution is 6.08. The summed E-state index contributed by atoms with van der Waals surface area (Å²) in [6, 6.07) is 10.4. The average Bonchev–Trinajstić information content (AvgIpc) is 3.57. The number of aromatic nitrogens is 5. The summed E-state index contributed by atoms with van der Waals surface area (Å²) in [6.45, 7) is 5.63. The monoisotopic (exact) mass is 429 g/mol. The molecular weight excluding hydrogens is 402 g/mol. The Labute approximate surface area is 186 Å². The van der Waals surface area contributed by atoms with Crippen molar-refractivity contribution < 1.29 is 4.79 Å². The zero-order valence-corrected chi connectivity index (χ0v) is 18.5. The van der Waals surface area contributed by atoms with Crippen LogP contribution in [0.1, 0.15) is 36.7 Å². The molecule has 4 aromatic rings. The van der Waals surface area contributed by atoms with Crippen molar-refractivity contribution in [2.24, 2.45) is 0 Å².